The Morgan fingerprint density at radius 1 is 1.41 bits per heavy atom. The summed E-state index contributed by atoms with van der Waals surface area (Å²) in [4.78, 5) is 0. The number of nitrogens with zero attached hydrogens (tertiary/aromatic N) is 1. The van der Waals surface area contributed by atoms with E-state index in [1.54, 1.807) is 7.11 Å². The molecule has 0 unspecified atom stereocenters. The predicted octanol–water partition coefficient (Wildman–Crippen LogP) is 2.79. The third kappa shape index (κ3) is 2.77. The van der Waals surface area contributed by atoms with Gasteiger partial charge in [0.05, 0.1) is 23.0 Å². The lowest BCUT2D eigenvalue weighted by Gasteiger charge is -2.23. The van der Waals surface area contributed by atoms with Crippen LogP contribution in [-0.2, 0) is 4.74 Å². The lowest BCUT2D eigenvalue weighted by Crippen LogP contribution is -2.25. The van der Waals surface area contributed by atoms with Crippen molar-refractivity contribution in [2.24, 2.45) is 0 Å². The van der Waals surface area contributed by atoms with Gasteiger partial charge in [0.1, 0.15) is 0 Å². The standard InChI is InChI=1S/C13H19N3O/c1-13(2,17-3)7-8-14-11-6-4-5-10-9-15-16-12(10)11/h4-6,9,14H,7-8H2,1-3H3,(H,15,16). The first kappa shape index (κ1) is 11.9. The Balaban J connectivity index is 2.02. The lowest BCUT2D eigenvalue weighted by molar-refractivity contribution is 0.0185. The smallest absolute Gasteiger partial charge is 0.0881 e. The quantitative estimate of drug-likeness (QED) is 0.835. The number of aromatic amines is 1. The number of hydrogen-bond donors (Lipinski definition) is 2. The van der Waals surface area contributed by atoms with Gasteiger partial charge < -0.3 is 10.1 Å². The zero-order valence-corrected chi connectivity index (χ0v) is 10.6. The molecule has 0 bridgehead atoms. The summed E-state index contributed by atoms with van der Waals surface area (Å²) in [6.07, 6.45) is 2.79. The first-order chi connectivity index (χ1) is 8.12. The fourth-order valence-corrected chi connectivity index (χ4v) is 1.72. The zero-order valence-electron chi connectivity index (χ0n) is 10.6. The number of methoxy groups -OCH3 is 1. The molecule has 0 atom stereocenters. The maximum absolute atomic E-state index is 5.39. The Bertz CT molecular complexity index is 490. The highest BCUT2D eigenvalue weighted by Gasteiger charge is 2.15. The van der Waals surface area contributed by atoms with Crippen molar-refractivity contribution in [3.63, 3.8) is 0 Å². The van der Waals surface area contributed by atoms with Crippen molar-refractivity contribution < 1.29 is 4.74 Å². The summed E-state index contributed by atoms with van der Waals surface area (Å²) in [5, 5.41) is 11.6. The van der Waals surface area contributed by atoms with E-state index < -0.39 is 0 Å². The molecule has 1 heterocycles. The van der Waals surface area contributed by atoms with Crippen LogP contribution in [0.5, 0.6) is 0 Å². The number of anilines is 1. The van der Waals surface area contributed by atoms with Gasteiger partial charge in [-0.05, 0) is 26.3 Å². The maximum Gasteiger partial charge on any atom is 0.0881 e. The Hall–Kier alpha value is -1.55. The van der Waals surface area contributed by atoms with Crippen molar-refractivity contribution in [3.05, 3.63) is 24.4 Å². The minimum atomic E-state index is -0.0884. The van der Waals surface area contributed by atoms with Gasteiger partial charge in [0.2, 0.25) is 0 Å². The fraction of sp³-hybridized carbons (Fsp3) is 0.462. The third-order valence-corrected chi connectivity index (χ3v) is 3.07. The summed E-state index contributed by atoms with van der Waals surface area (Å²) in [6, 6.07) is 6.13. The van der Waals surface area contributed by atoms with E-state index in [1.165, 1.54) is 0 Å². The highest BCUT2D eigenvalue weighted by atomic mass is 16.5. The summed E-state index contributed by atoms with van der Waals surface area (Å²) in [5.74, 6) is 0. The molecule has 0 amide bonds. The number of benzene rings is 1. The Labute approximate surface area is 101 Å². The average molecular weight is 233 g/mol. The molecule has 0 saturated heterocycles. The normalized spacial score (nSPS) is 11.9. The monoisotopic (exact) mass is 233 g/mol. The molecule has 0 aliphatic carbocycles. The SMILES string of the molecule is COC(C)(C)CCNc1cccc2cn[nH]c12. The van der Waals surface area contributed by atoms with Crippen LogP contribution in [-0.4, -0.2) is 29.5 Å². The summed E-state index contributed by atoms with van der Waals surface area (Å²) < 4.78 is 5.39. The van der Waals surface area contributed by atoms with Crippen LogP contribution >= 0.6 is 0 Å². The number of H-pyrrole nitrogens is 1. The number of hydrogen-bond acceptors (Lipinski definition) is 3. The Morgan fingerprint density at radius 3 is 3.00 bits per heavy atom. The Kier molecular flexibility index (Phi) is 3.33. The van der Waals surface area contributed by atoms with E-state index in [4.69, 9.17) is 4.74 Å². The van der Waals surface area contributed by atoms with Gasteiger partial charge in [-0.2, -0.15) is 5.10 Å². The summed E-state index contributed by atoms with van der Waals surface area (Å²) >= 11 is 0. The fourth-order valence-electron chi connectivity index (χ4n) is 1.72. The van der Waals surface area contributed by atoms with Gasteiger partial charge in [0.15, 0.2) is 0 Å². The molecule has 2 aromatic rings. The minimum absolute atomic E-state index is 0.0884. The van der Waals surface area contributed by atoms with Gasteiger partial charge in [0.25, 0.3) is 0 Å². The van der Waals surface area contributed by atoms with Crippen LogP contribution < -0.4 is 5.32 Å². The topological polar surface area (TPSA) is 49.9 Å². The Morgan fingerprint density at radius 2 is 2.24 bits per heavy atom. The predicted molar refractivity (Wildman–Crippen MR) is 70.3 cm³/mol. The van der Waals surface area contributed by atoms with Crippen LogP contribution in [0.2, 0.25) is 0 Å². The van der Waals surface area contributed by atoms with Gasteiger partial charge in [-0.15, -0.1) is 0 Å². The van der Waals surface area contributed by atoms with E-state index in [1.807, 2.05) is 18.3 Å². The number of fused-ring (bicyclic) bond motifs is 1. The van der Waals surface area contributed by atoms with Crippen LogP contribution in [0.15, 0.2) is 24.4 Å². The zero-order chi connectivity index (χ0) is 12.3. The van der Waals surface area contributed by atoms with Gasteiger partial charge in [-0.25, -0.2) is 0 Å². The summed E-state index contributed by atoms with van der Waals surface area (Å²) in [7, 11) is 1.75. The molecule has 92 valence electrons. The van der Waals surface area contributed by atoms with Crippen molar-refractivity contribution >= 4 is 16.6 Å². The van der Waals surface area contributed by atoms with Crippen LogP contribution in [0.25, 0.3) is 10.9 Å². The molecule has 4 heteroatoms. The largest absolute Gasteiger partial charge is 0.383 e. The van der Waals surface area contributed by atoms with Crippen LogP contribution in [0, 0.1) is 0 Å². The molecule has 0 fully saturated rings. The number of nitrogens with one attached hydrogen (secondary N) is 2. The lowest BCUT2D eigenvalue weighted by atomic mass is 10.1. The first-order valence-electron chi connectivity index (χ1n) is 5.83. The van der Waals surface area contributed by atoms with Crippen molar-refractivity contribution in [3.8, 4) is 0 Å². The minimum Gasteiger partial charge on any atom is -0.383 e. The molecular formula is C13H19N3O. The molecule has 0 spiro atoms. The number of ether oxygens (including phenoxy) is 1. The van der Waals surface area contributed by atoms with Crippen LogP contribution in [0.1, 0.15) is 20.3 Å². The average Bonchev–Trinajstić information content (AvgIpc) is 2.78. The van der Waals surface area contributed by atoms with Crippen molar-refractivity contribution in [1.29, 1.82) is 0 Å². The van der Waals surface area contributed by atoms with Crippen LogP contribution in [0.3, 0.4) is 0 Å². The highest BCUT2D eigenvalue weighted by molar-refractivity contribution is 5.89. The van der Waals surface area contributed by atoms with E-state index in [0.717, 1.165) is 29.6 Å². The van der Waals surface area contributed by atoms with Gasteiger partial charge in [0, 0.05) is 19.0 Å². The summed E-state index contributed by atoms with van der Waals surface area (Å²) in [6.45, 7) is 5.05. The number of para-hydroxylation sites is 1. The van der Waals surface area contributed by atoms with E-state index in [9.17, 15) is 0 Å². The van der Waals surface area contributed by atoms with E-state index in [2.05, 4.69) is 35.4 Å². The van der Waals surface area contributed by atoms with Crippen molar-refractivity contribution in [1.82, 2.24) is 10.2 Å². The third-order valence-electron chi connectivity index (χ3n) is 3.07. The second-order valence-electron chi connectivity index (χ2n) is 4.78. The molecule has 1 aromatic heterocycles. The van der Waals surface area contributed by atoms with Crippen molar-refractivity contribution in [2.75, 3.05) is 19.0 Å². The number of aromatic nitrogens is 2. The van der Waals surface area contributed by atoms with Gasteiger partial charge in [-0.3, -0.25) is 5.10 Å². The van der Waals surface area contributed by atoms with E-state index >= 15 is 0 Å². The second kappa shape index (κ2) is 4.75. The second-order valence-corrected chi connectivity index (χ2v) is 4.78. The molecule has 1 aromatic carbocycles. The molecule has 2 N–H and O–H groups in total. The van der Waals surface area contributed by atoms with Gasteiger partial charge in [-0.1, -0.05) is 12.1 Å². The molecule has 0 saturated carbocycles. The molecule has 0 radical (unpaired) electrons. The molecule has 4 nitrogen and oxygen atoms in total. The summed E-state index contributed by atoms with van der Waals surface area (Å²) in [5.41, 5.74) is 2.06. The molecule has 17 heavy (non-hydrogen) atoms. The maximum atomic E-state index is 5.39. The van der Waals surface area contributed by atoms with E-state index in [0.29, 0.717) is 0 Å². The highest BCUT2D eigenvalue weighted by Crippen LogP contribution is 2.21. The molecule has 2 rings (SSSR count). The van der Waals surface area contributed by atoms with E-state index in [-0.39, 0.29) is 5.60 Å². The van der Waals surface area contributed by atoms with Crippen LogP contribution in [0.4, 0.5) is 5.69 Å². The van der Waals surface area contributed by atoms with Gasteiger partial charge >= 0.3 is 0 Å². The molecular weight excluding hydrogens is 214 g/mol. The number of rotatable bonds is 5. The first-order valence-corrected chi connectivity index (χ1v) is 5.83. The van der Waals surface area contributed by atoms with Crippen molar-refractivity contribution in [2.45, 2.75) is 25.9 Å². The molecule has 0 aliphatic heterocycles. The molecule has 0 aliphatic rings.